The van der Waals surface area contributed by atoms with Crippen LogP contribution in [0.3, 0.4) is 0 Å². The van der Waals surface area contributed by atoms with Gasteiger partial charge in [-0.15, -0.1) is 12.4 Å². The largest absolute Gasteiger partial charge is 0.333 e. The predicted octanol–water partition coefficient (Wildman–Crippen LogP) is 1.05. The fraction of sp³-hybridized carbons (Fsp3) is 0.636. The number of rotatable bonds is 4. The van der Waals surface area contributed by atoms with E-state index in [0.717, 1.165) is 32.5 Å². The van der Waals surface area contributed by atoms with Gasteiger partial charge in [0.05, 0.1) is 0 Å². The van der Waals surface area contributed by atoms with Gasteiger partial charge < -0.3 is 10.2 Å². The van der Waals surface area contributed by atoms with Crippen molar-refractivity contribution in [2.75, 3.05) is 19.6 Å². The van der Waals surface area contributed by atoms with E-state index in [4.69, 9.17) is 0 Å². The van der Waals surface area contributed by atoms with Gasteiger partial charge in [-0.1, -0.05) is 6.92 Å². The Labute approximate surface area is 107 Å². The summed E-state index contributed by atoms with van der Waals surface area (Å²) in [4.78, 5) is 14.2. The molecular weight excluding hydrogens is 240 g/mol. The Morgan fingerprint density at radius 1 is 1.65 bits per heavy atom. The Balaban J connectivity index is 0.00000144. The molecule has 1 saturated heterocycles. The maximum absolute atomic E-state index is 12.2. The van der Waals surface area contributed by atoms with Gasteiger partial charge >= 0.3 is 0 Å². The van der Waals surface area contributed by atoms with Crippen molar-refractivity contribution in [2.45, 2.75) is 25.8 Å². The van der Waals surface area contributed by atoms with Crippen LogP contribution in [0, 0.1) is 0 Å². The minimum absolute atomic E-state index is 0. The highest BCUT2D eigenvalue weighted by atomic mass is 35.5. The molecule has 2 heterocycles. The summed E-state index contributed by atoms with van der Waals surface area (Å²) in [5.74, 6) is 0.0630. The van der Waals surface area contributed by atoms with Crippen LogP contribution >= 0.6 is 12.4 Å². The van der Waals surface area contributed by atoms with Crippen LogP contribution in [-0.4, -0.2) is 46.7 Å². The second-order valence-electron chi connectivity index (χ2n) is 4.12. The van der Waals surface area contributed by atoms with Crippen molar-refractivity contribution >= 4 is 18.3 Å². The molecule has 1 aliphatic rings. The van der Waals surface area contributed by atoms with Crippen molar-refractivity contribution in [3.05, 3.63) is 18.0 Å². The zero-order chi connectivity index (χ0) is 11.4. The van der Waals surface area contributed by atoms with Crippen molar-refractivity contribution in [1.82, 2.24) is 20.4 Å². The molecule has 96 valence electrons. The number of amides is 1. The van der Waals surface area contributed by atoms with E-state index in [1.165, 1.54) is 0 Å². The minimum atomic E-state index is 0. The van der Waals surface area contributed by atoms with Gasteiger partial charge in [-0.3, -0.25) is 9.89 Å². The topological polar surface area (TPSA) is 61.0 Å². The van der Waals surface area contributed by atoms with Crippen LogP contribution < -0.4 is 5.32 Å². The number of H-pyrrole nitrogens is 1. The summed E-state index contributed by atoms with van der Waals surface area (Å²) >= 11 is 0. The first-order chi connectivity index (χ1) is 7.83. The van der Waals surface area contributed by atoms with Crippen molar-refractivity contribution in [3.63, 3.8) is 0 Å². The third-order valence-corrected chi connectivity index (χ3v) is 2.93. The lowest BCUT2D eigenvalue weighted by atomic mass is 10.2. The average Bonchev–Trinajstić information content (AvgIpc) is 2.96. The lowest BCUT2D eigenvalue weighted by Crippen LogP contribution is -2.42. The van der Waals surface area contributed by atoms with Crippen molar-refractivity contribution in [3.8, 4) is 0 Å². The fourth-order valence-electron chi connectivity index (χ4n) is 2.13. The van der Waals surface area contributed by atoms with E-state index < -0.39 is 0 Å². The lowest BCUT2D eigenvalue weighted by Gasteiger charge is -2.27. The zero-order valence-electron chi connectivity index (χ0n) is 9.98. The molecule has 1 aromatic rings. The number of nitrogens with one attached hydrogen (secondary N) is 2. The van der Waals surface area contributed by atoms with Crippen LogP contribution in [0.5, 0.6) is 0 Å². The predicted molar refractivity (Wildman–Crippen MR) is 68.4 cm³/mol. The first-order valence-electron chi connectivity index (χ1n) is 5.84. The van der Waals surface area contributed by atoms with Crippen LogP contribution in [0.2, 0.25) is 0 Å². The highest BCUT2D eigenvalue weighted by Crippen LogP contribution is 2.12. The van der Waals surface area contributed by atoms with Crippen LogP contribution in [-0.2, 0) is 0 Å². The molecule has 1 fully saturated rings. The summed E-state index contributed by atoms with van der Waals surface area (Å²) in [6, 6.07) is 2.06. The van der Waals surface area contributed by atoms with E-state index in [9.17, 15) is 4.79 Å². The number of nitrogens with zero attached hydrogens (tertiary/aromatic N) is 2. The normalized spacial score (nSPS) is 18.8. The Bertz CT molecular complexity index is 335. The van der Waals surface area contributed by atoms with Gasteiger partial charge in [-0.25, -0.2) is 0 Å². The Morgan fingerprint density at radius 3 is 3.00 bits per heavy atom. The molecule has 0 spiro atoms. The number of carbonyl (C=O) groups excluding carboxylic acids is 1. The Hall–Kier alpha value is -1.07. The van der Waals surface area contributed by atoms with Crippen LogP contribution in [0.4, 0.5) is 0 Å². The quantitative estimate of drug-likeness (QED) is 0.849. The molecule has 0 radical (unpaired) electrons. The molecular formula is C11H19ClN4O. The van der Waals surface area contributed by atoms with E-state index in [-0.39, 0.29) is 18.3 Å². The molecule has 1 aliphatic heterocycles. The molecule has 5 nitrogen and oxygen atoms in total. The van der Waals surface area contributed by atoms with Gasteiger partial charge in [0, 0.05) is 25.3 Å². The second kappa shape index (κ2) is 6.61. The summed E-state index contributed by atoms with van der Waals surface area (Å²) in [7, 11) is 0. The van der Waals surface area contributed by atoms with E-state index in [0.29, 0.717) is 11.7 Å². The zero-order valence-corrected chi connectivity index (χ0v) is 10.8. The molecule has 1 aromatic heterocycles. The molecule has 6 heteroatoms. The van der Waals surface area contributed by atoms with Gasteiger partial charge in [0.2, 0.25) is 0 Å². The van der Waals surface area contributed by atoms with Gasteiger partial charge in [-0.05, 0) is 25.5 Å². The number of hydrogen-bond acceptors (Lipinski definition) is 3. The van der Waals surface area contributed by atoms with Crippen molar-refractivity contribution < 1.29 is 4.79 Å². The molecule has 0 aromatic carbocycles. The summed E-state index contributed by atoms with van der Waals surface area (Å²) in [5, 5.41) is 9.85. The maximum atomic E-state index is 12.2. The smallest absolute Gasteiger partial charge is 0.272 e. The van der Waals surface area contributed by atoms with Gasteiger partial charge in [0.25, 0.3) is 5.91 Å². The number of halogens is 1. The van der Waals surface area contributed by atoms with Gasteiger partial charge in [-0.2, -0.15) is 5.10 Å². The van der Waals surface area contributed by atoms with Gasteiger partial charge in [0.15, 0.2) is 0 Å². The molecule has 2 N–H and O–H groups in total. The number of aromatic nitrogens is 2. The first kappa shape index (κ1) is 14.0. The Morgan fingerprint density at radius 2 is 2.47 bits per heavy atom. The molecule has 2 rings (SSSR count). The minimum Gasteiger partial charge on any atom is -0.333 e. The lowest BCUT2D eigenvalue weighted by molar-refractivity contribution is 0.0686. The second-order valence-corrected chi connectivity index (χ2v) is 4.12. The van der Waals surface area contributed by atoms with E-state index in [2.05, 4.69) is 22.4 Å². The SMILES string of the molecule is CCCN(C(=O)c1ccn[nH]1)C1CCNC1.Cl. The van der Waals surface area contributed by atoms with Crippen LogP contribution in [0.15, 0.2) is 12.3 Å². The monoisotopic (exact) mass is 258 g/mol. The standard InChI is InChI=1S/C11H18N4O.ClH/c1-2-7-15(9-3-5-12-8-9)11(16)10-4-6-13-14-10;/h4,6,9,12H,2-3,5,7-8H2,1H3,(H,13,14);1H. The van der Waals surface area contributed by atoms with E-state index >= 15 is 0 Å². The number of aromatic amines is 1. The molecule has 0 aliphatic carbocycles. The summed E-state index contributed by atoms with van der Waals surface area (Å²) < 4.78 is 0. The summed E-state index contributed by atoms with van der Waals surface area (Å²) in [6.07, 6.45) is 3.64. The number of carbonyl (C=O) groups is 1. The summed E-state index contributed by atoms with van der Waals surface area (Å²) in [6.45, 7) is 4.81. The maximum Gasteiger partial charge on any atom is 0.272 e. The highest BCUT2D eigenvalue weighted by molar-refractivity contribution is 5.92. The van der Waals surface area contributed by atoms with E-state index in [1.54, 1.807) is 12.3 Å². The van der Waals surface area contributed by atoms with Crippen LogP contribution in [0.25, 0.3) is 0 Å². The molecule has 0 saturated carbocycles. The molecule has 17 heavy (non-hydrogen) atoms. The van der Waals surface area contributed by atoms with Crippen molar-refractivity contribution in [2.24, 2.45) is 0 Å². The van der Waals surface area contributed by atoms with Gasteiger partial charge in [0.1, 0.15) is 5.69 Å². The highest BCUT2D eigenvalue weighted by Gasteiger charge is 2.27. The Kier molecular flexibility index (Phi) is 5.44. The van der Waals surface area contributed by atoms with Crippen molar-refractivity contribution in [1.29, 1.82) is 0 Å². The number of hydrogen-bond donors (Lipinski definition) is 2. The first-order valence-corrected chi connectivity index (χ1v) is 5.84. The fourth-order valence-corrected chi connectivity index (χ4v) is 2.13. The molecule has 1 amide bonds. The third kappa shape index (κ3) is 3.20. The molecule has 1 unspecified atom stereocenters. The van der Waals surface area contributed by atoms with Crippen LogP contribution in [0.1, 0.15) is 30.3 Å². The third-order valence-electron chi connectivity index (χ3n) is 2.93. The summed E-state index contributed by atoms with van der Waals surface area (Å²) in [5.41, 5.74) is 0.584. The molecule has 0 bridgehead atoms. The molecule has 1 atom stereocenters. The van der Waals surface area contributed by atoms with E-state index in [1.807, 2.05) is 4.90 Å². The average molecular weight is 259 g/mol.